The minimum absolute atomic E-state index is 0.831. The summed E-state index contributed by atoms with van der Waals surface area (Å²) >= 11 is 0. The number of nitrogens with zero attached hydrogens (tertiary/aromatic N) is 2. The van der Waals surface area contributed by atoms with Gasteiger partial charge in [0.15, 0.2) is 0 Å². The first-order valence-corrected chi connectivity index (χ1v) is 6.94. The van der Waals surface area contributed by atoms with Crippen LogP contribution in [0.2, 0.25) is 0 Å². The van der Waals surface area contributed by atoms with Crippen LogP contribution < -0.4 is 10.6 Å². The summed E-state index contributed by atoms with van der Waals surface area (Å²) in [6.45, 7) is 5.17. The fraction of sp³-hybridized carbons (Fsp3) is 0.643. The zero-order valence-corrected chi connectivity index (χ0v) is 11.4. The van der Waals surface area contributed by atoms with E-state index < -0.39 is 0 Å². The van der Waals surface area contributed by atoms with Crippen LogP contribution in [0.4, 0.5) is 11.6 Å². The average Bonchev–Trinajstić information content (AvgIpc) is 3.21. The van der Waals surface area contributed by atoms with E-state index in [1.807, 2.05) is 18.2 Å². The highest BCUT2D eigenvalue weighted by Gasteiger charge is 2.25. The first kappa shape index (κ1) is 13.1. The Morgan fingerprint density at radius 2 is 1.89 bits per heavy atom. The molecule has 4 nitrogen and oxygen atoms in total. The fourth-order valence-electron chi connectivity index (χ4n) is 1.94. The Labute approximate surface area is 110 Å². The number of aromatic nitrogens is 1. The molecule has 1 heterocycles. The summed E-state index contributed by atoms with van der Waals surface area (Å²) < 4.78 is 0. The average molecular weight is 248 g/mol. The van der Waals surface area contributed by atoms with E-state index in [-0.39, 0.29) is 0 Å². The third-order valence-corrected chi connectivity index (χ3v) is 3.25. The van der Waals surface area contributed by atoms with E-state index in [0.717, 1.165) is 43.7 Å². The van der Waals surface area contributed by atoms with Gasteiger partial charge < -0.3 is 15.5 Å². The largest absolute Gasteiger partial charge is 0.370 e. The summed E-state index contributed by atoms with van der Waals surface area (Å²) in [6, 6.07) is 6.90. The number of nitrogens with one attached hydrogen (secondary N) is 2. The van der Waals surface area contributed by atoms with Crippen LogP contribution in [-0.4, -0.2) is 42.6 Å². The van der Waals surface area contributed by atoms with Gasteiger partial charge in [-0.25, -0.2) is 4.98 Å². The highest BCUT2D eigenvalue weighted by Crippen LogP contribution is 2.24. The lowest BCUT2D eigenvalue weighted by molar-refractivity contribution is 0.337. The Morgan fingerprint density at radius 3 is 2.50 bits per heavy atom. The minimum Gasteiger partial charge on any atom is -0.370 e. The van der Waals surface area contributed by atoms with E-state index in [2.05, 4.69) is 34.5 Å². The number of hydrogen-bond acceptors (Lipinski definition) is 4. The number of pyridine rings is 1. The molecule has 4 heteroatoms. The second kappa shape index (κ2) is 6.59. The van der Waals surface area contributed by atoms with E-state index in [4.69, 9.17) is 0 Å². The lowest BCUT2D eigenvalue weighted by Gasteiger charge is -2.16. The maximum atomic E-state index is 4.53. The smallest absolute Gasteiger partial charge is 0.128 e. The van der Waals surface area contributed by atoms with Crippen LogP contribution >= 0.6 is 0 Å². The van der Waals surface area contributed by atoms with Gasteiger partial charge in [-0.2, -0.15) is 0 Å². The number of anilines is 2. The molecule has 0 amide bonds. The molecule has 1 aromatic heterocycles. The molecule has 18 heavy (non-hydrogen) atoms. The van der Waals surface area contributed by atoms with Crippen LogP contribution in [0.1, 0.15) is 26.2 Å². The lowest BCUT2D eigenvalue weighted by Crippen LogP contribution is -2.27. The van der Waals surface area contributed by atoms with Gasteiger partial charge in [-0.1, -0.05) is 13.0 Å². The van der Waals surface area contributed by atoms with Crippen molar-refractivity contribution in [3.05, 3.63) is 18.2 Å². The van der Waals surface area contributed by atoms with Gasteiger partial charge in [-0.15, -0.1) is 0 Å². The fourth-order valence-corrected chi connectivity index (χ4v) is 1.94. The molecule has 1 aliphatic carbocycles. The number of hydrogen-bond donors (Lipinski definition) is 2. The zero-order valence-electron chi connectivity index (χ0n) is 11.4. The summed E-state index contributed by atoms with van der Waals surface area (Å²) in [4.78, 5) is 6.95. The molecule has 1 aliphatic rings. The summed E-state index contributed by atoms with van der Waals surface area (Å²) in [5.41, 5.74) is 0. The standard InChI is InChI=1S/C14H24N4/c1-3-9-15-13-5-4-6-14(17-13)16-10-11-18(2)12-7-8-12/h4-6,12H,3,7-11H2,1-2H3,(H2,15,16,17). The molecule has 2 N–H and O–H groups in total. The van der Waals surface area contributed by atoms with Gasteiger partial charge in [0.25, 0.3) is 0 Å². The van der Waals surface area contributed by atoms with Crippen molar-refractivity contribution >= 4 is 11.6 Å². The Bertz CT molecular complexity index is 363. The topological polar surface area (TPSA) is 40.2 Å². The summed E-state index contributed by atoms with van der Waals surface area (Å²) in [6.07, 6.45) is 3.85. The molecule has 0 radical (unpaired) electrons. The normalized spacial score (nSPS) is 14.8. The van der Waals surface area contributed by atoms with E-state index in [0.29, 0.717) is 0 Å². The predicted molar refractivity (Wildman–Crippen MR) is 77.2 cm³/mol. The Morgan fingerprint density at radius 1 is 1.22 bits per heavy atom. The van der Waals surface area contributed by atoms with Gasteiger partial charge in [0.2, 0.25) is 0 Å². The second-order valence-electron chi connectivity index (χ2n) is 4.97. The molecule has 0 unspecified atom stereocenters. The highest BCUT2D eigenvalue weighted by atomic mass is 15.2. The zero-order chi connectivity index (χ0) is 12.8. The molecule has 1 aromatic rings. The second-order valence-corrected chi connectivity index (χ2v) is 4.97. The summed E-state index contributed by atoms with van der Waals surface area (Å²) in [5, 5.41) is 6.68. The van der Waals surface area contributed by atoms with Crippen molar-refractivity contribution in [3.8, 4) is 0 Å². The van der Waals surface area contributed by atoms with Gasteiger partial charge in [0.1, 0.15) is 11.6 Å². The van der Waals surface area contributed by atoms with Gasteiger partial charge in [0, 0.05) is 25.7 Å². The van der Waals surface area contributed by atoms with Gasteiger partial charge in [-0.05, 0) is 38.4 Å². The molecule has 2 rings (SSSR count). The molecule has 100 valence electrons. The Hall–Kier alpha value is -1.29. The first-order valence-electron chi connectivity index (χ1n) is 6.94. The van der Waals surface area contributed by atoms with Crippen molar-refractivity contribution in [3.63, 3.8) is 0 Å². The Balaban J connectivity index is 1.73. The van der Waals surface area contributed by atoms with Crippen LogP contribution in [0.15, 0.2) is 18.2 Å². The van der Waals surface area contributed by atoms with Crippen molar-refractivity contribution in [2.75, 3.05) is 37.3 Å². The first-order chi connectivity index (χ1) is 8.79. The monoisotopic (exact) mass is 248 g/mol. The molecule has 0 saturated heterocycles. The SMILES string of the molecule is CCCNc1cccc(NCCN(C)C2CC2)n1. The van der Waals surface area contributed by atoms with Gasteiger partial charge in [0.05, 0.1) is 0 Å². The lowest BCUT2D eigenvalue weighted by atomic mass is 10.4. The van der Waals surface area contributed by atoms with Crippen LogP contribution in [0.25, 0.3) is 0 Å². The number of rotatable bonds is 8. The molecule has 0 bridgehead atoms. The third-order valence-electron chi connectivity index (χ3n) is 3.25. The maximum absolute atomic E-state index is 4.53. The van der Waals surface area contributed by atoms with Crippen LogP contribution in [-0.2, 0) is 0 Å². The summed E-state index contributed by atoms with van der Waals surface area (Å²) in [5.74, 6) is 1.91. The van der Waals surface area contributed by atoms with Crippen molar-refractivity contribution in [1.82, 2.24) is 9.88 Å². The van der Waals surface area contributed by atoms with E-state index >= 15 is 0 Å². The molecule has 0 aliphatic heterocycles. The summed E-state index contributed by atoms with van der Waals surface area (Å²) in [7, 11) is 2.20. The van der Waals surface area contributed by atoms with Crippen molar-refractivity contribution in [2.45, 2.75) is 32.2 Å². The third kappa shape index (κ3) is 4.18. The van der Waals surface area contributed by atoms with E-state index in [1.165, 1.54) is 12.8 Å². The van der Waals surface area contributed by atoms with E-state index in [1.54, 1.807) is 0 Å². The molecule has 1 saturated carbocycles. The molecule has 0 spiro atoms. The van der Waals surface area contributed by atoms with Gasteiger partial charge >= 0.3 is 0 Å². The van der Waals surface area contributed by atoms with Crippen molar-refractivity contribution in [2.24, 2.45) is 0 Å². The highest BCUT2D eigenvalue weighted by molar-refractivity contribution is 5.44. The predicted octanol–water partition coefficient (Wildman–Crippen LogP) is 2.41. The van der Waals surface area contributed by atoms with Crippen molar-refractivity contribution in [1.29, 1.82) is 0 Å². The van der Waals surface area contributed by atoms with E-state index in [9.17, 15) is 0 Å². The van der Waals surface area contributed by atoms with Gasteiger partial charge in [-0.3, -0.25) is 0 Å². The van der Waals surface area contributed by atoms with Crippen LogP contribution in [0.5, 0.6) is 0 Å². The van der Waals surface area contributed by atoms with Crippen molar-refractivity contribution < 1.29 is 0 Å². The maximum Gasteiger partial charge on any atom is 0.128 e. The molecular formula is C14H24N4. The minimum atomic E-state index is 0.831. The number of likely N-dealkylation sites (N-methyl/N-ethyl adjacent to an activating group) is 1. The molecular weight excluding hydrogens is 224 g/mol. The molecule has 0 aromatic carbocycles. The molecule has 0 atom stereocenters. The van der Waals surface area contributed by atoms with Crippen LogP contribution in [0.3, 0.4) is 0 Å². The Kier molecular flexibility index (Phi) is 4.81. The van der Waals surface area contributed by atoms with Crippen LogP contribution in [0, 0.1) is 0 Å². The quantitative estimate of drug-likeness (QED) is 0.741. The molecule has 1 fully saturated rings.